The van der Waals surface area contributed by atoms with Crippen LogP contribution in [-0.4, -0.2) is 19.3 Å². The number of rotatable bonds is 3. The minimum absolute atomic E-state index is 0.0795. The molecule has 0 aliphatic rings. The van der Waals surface area contributed by atoms with Crippen LogP contribution in [0.25, 0.3) is 0 Å². The van der Waals surface area contributed by atoms with Crippen molar-refractivity contribution >= 4 is 58.9 Å². The molecule has 0 bridgehead atoms. The van der Waals surface area contributed by atoms with Gasteiger partial charge in [0.1, 0.15) is 0 Å². The normalized spacial score (nSPS) is 11.2. The van der Waals surface area contributed by atoms with Crippen LogP contribution in [0, 0.1) is 0 Å². The third kappa shape index (κ3) is 3.94. The van der Waals surface area contributed by atoms with Crippen molar-refractivity contribution in [3.8, 4) is 0 Å². The lowest BCUT2D eigenvalue weighted by Gasteiger charge is -2.08. The molecule has 1 aromatic heterocycles. The molecule has 0 radical (unpaired) electrons. The summed E-state index contributed by atoms with van der Waals surface area (Å²) in [5, 5.41) is 2.82. The minimum atomic E-state index is -3.85. The number of aromatic nitrogens is 1. The van der Waals surface area contributed by atoms with E-state index in [1.54, 1.807) is 0 Å². The predicted octanol–water partition coefficient (Wildman–Crippen LogP) is 3.68. The van der Waals surface area contributed by atoms with Gasteiger partial charge in [0.25, 0.3) is 15.0 Å². The van der Waals surface area contributed by atoms with E-state index in [1.807, 2.05) is 0 Å². The van der Waals surface area contributed by atoms with Gasteiger partial charge in [-0.15, -0.1) is 0 Å². The second kappa shape index (κ2) is 6.31. The fourth-order valence-corrected chi connectivity index (χ4v) is 3.96. The van der Waals surface area contributed by atoms with E-state index < -0.39 is 15.0 Å². The van der Waals surface area contributed by atoms with Crippen LogP contribution in [0.1, 0.15) is 10.4 Å². The summed E-state index contributed by atoms with van der Waals surface area (Å²) in [5.74, 6) is -0.434. The number of benzene rings is 1. The first-order chi connectivity index (χ1) is 9.79. The number of halogens is 3. The van der Waals surface area contributed by atoms with Gasteiger partial charge in [0.2, 0.25) is 0 Å². The molecule has 1 heterocycles. The van der Waals surface area contributed by atoms with Gasteiger partial charge >= 0.3 is 0 Å². The predicted molar refractivity (Wildman–Crippen MR) is 84.4 cm³/mol. The van der Waals surface area contributed by atoms with E-state index in [1.165, 1.54) is 36.7 Å². The van der Waals surface area contributed by atoms with Gasteiger partial charge < -0.3 is 5.32 Å². The zero-order valence-electron chi connectivity index (χ0n) is 10.2. The summed E-state index contributed by atoms with van der Waals surface area (Å²) in [6, 6.07) is 5.62. The molecule has 0 saturated heterocycles. The molecule has 0 fully saturated rings. The van der Waals surface area contributed by atoms with Crippen LogP contribution in [0.15, 0.2) is 46.0 Å². The maximum Gasteiger partial charge on any atom is 0.262 e. The number of amides is 1. The molecule has 0 spiro atoms. The summed E-state index contributed by atoms with van der Waals surface area (Å²) in [6.07, 6.45) is 2.80. The summed E-state index contributed by atoms with van der Waals surface area (Å²) in [5.41, 5.74) is 0.653. The molecule has 0 unspecified atom stereocenters. The summed E-state index contributed by atoms with van der Waals surface area (Å²) >= 11 is 8.96. The SMILES string of the molecule is O=C(Nc1ccc(S(=O)(=O)Cl)c(Br)c1)c1ccncc1Cl. The van der Waals surface area contributed by atoms with Crippen LogP contribution in [-0.2, 0) is 9.05 Å². The summed E-state index contributed by atoms with van der Waals surface area (Å²) in [4.78, 5) is 15.8. The Hall–Kier alpha value is -1.15. The van der Waals surface area contributed by atoms with Crippen molar-refractivity contribution in [1.29, 1.82) is 0 Å². The van der Waals surface area contributed by atoms with Crippen molar-refractivity contribution in [3.63, 3.8) is 0 Å². The molecule has 2 aromatic rings. The van der Waals surface area contributed by atoms with Crippen molar-refractivity contribution in [1.82, 2.24) is 4.98 Å². The first-order valence-electron chi connectivity index (χ1n) is 5.44. The molecule has 9 heteroatoms. The van der Waals surface area contributed by atoms with Crippen molar-refractivity contribution in [2.75, 3.05) is 5.32 Å². The van der Waals surface area contributed by atoms with Crippen molar-refractivity contribution < 1.29 is 13.2 Å². The lowest BCUT2D eigenvalue weighted by atomic mass is 10.2. The van der Waals surface area contributed by atoms with Crippen LogP contribution in [0.2, 0.25) is 5.02 Å². The number of nitrogens with zero attached hydrogens (tertiary/aromatic N) is 1. The Balaban J connectivity index is 2.27. The van der Waals surface area contributed by atoms with Crippen LogP contribution in [0.5, 0.6) is 0 Å². The highest BCUT2D eigenvalue weighted by molar-refractivity contribution is 9.10. The summed E-state index contributed by atoms with van der Waals surface area (Å²) in [6.45, 7) is 0. The second-order valence-corrected chi connectivity index (χ2v) is 7.69. The van der Waals surface area contributed by atoms with Gasteiger partial charge in [-0.1, -0.05) is 11.6 Å². The summed E-state index contributed by atoms with van der Waals surface area (Å²) in [7, 11) is 1.41. The Bertz CT molecular complexity index is 812. The van der Waals surface area contributed by atoms with Crippen LogP contribution >= 0.6 is 38.2 Å². The Morgan fingerprint density at radius 2 is 2.00 bits per heavy atom. The molecule has 1 N–H and O–H groups in total. The number of hydrogen-bond acceptors (Lipinski definition) is 4. The first kappa shape index (κ1) is 16.2. The third-order valence-corrected chi connectivity index (χ3v) is 5.07. The molecule has 21 heavy (non-hydrogen) atoms. The highest BCUT2D eigenvalue weighted by atomic mass is 79.9. The molecule has 0 aliphatic carbocycles. The molecule has 2 rings (SSSR count). The maximum absolute atomic E-state index is 12.0. The van der Waals surface area contributed by atoms with Crippen LogP contribution < -0.4 is 5.32 Å². The highest BCUT2D eigenvalue weighted by Crippen LogP contribution is 2.28. The van der Waals surface area contributed by atoms with E-state index >= 15 is 0 Å². The average Bonchev–Trinajstić information content (AvgIpc) is 2.37. The molecule has 0 aliphatic heterocycles. The Labute approximate surface area is 138 Å². The quantitative estimate of drug-likeness (QED) is 0.784. The van der Waals surface area contributed by atoms with Gasteiger partial charge in [-0.05, 0) is 40.2 Å². The fraction of sp³-hybridized carbons (Fsp3) is 0. The zero-order valence-corrected chi connectivity index (χ0v) is 14.1. The first-order valence-corrected chi connectivity index (χ1v) is 8.92. The Morgan fingerprint density at radius 1 is 1.29 bits per heavy atom. The number of hydrogen-bond donors (Lipinski definition) is 1. The lowest BCUT2D eigenvalue weighted by Crippen LogP contribution is -2.12. The number of nitrogens with one attached hydrogen (secondary N) is 1. The number of carbonyl (C=O) groups excluding carboxylic acids is 1. The van der Waals surface area contributed by atoms with Crippen molar-refractivity contribution in [2.24, 2.45) is 0 Å². The number of pyridine rings is 1. The Morgan fingerprint density at radius 3 is 2.57 bits per heavy atom. The molecule has 1 amide bonds. The van der Waals surface area contributed by atoms with E-state index in [0.717, 1.165) is 0 Å². The van der Waals surface area contributed by atoms with E-state index in [2.05, 4.69) is 26.2 Å². The third-order valence-electron chi connectivity index (χ3n) is 2.47. The topological polar surface area (TPSA) is 76.1 Å². The molecule has 110 valence electrons. The zero-order chi connectivity index (χ0) is 15.6. The van der Waals surface area contributed by atoms with Gasteiger partial charge in [0.05, 0.1) is 15.5 Å². The minimum Gasteiger partial charge on any atom is -0.322 e. The van der Waals surface area contributed by atoms with E-state index in [-0.39, 0.29) is 20.0 Å². The average molecular weight is 410 g/mol. The van der Waals surface area contributed by atoms with Crippen LogP contribution in [0.4, 0.5) is 5.69 Å². The van der Waals surface area contributed by atoms with Gasteiger partial charge in [-0.2, -0.15) is 0 Å². The molecule has 1 aromatic carbocycles. The molecular weight excluding hydrogens is 403 g/mol. The van der Waals surface area contributed by atoms with Crippen LogP contribution in [0.3, 0.4) is 0 Å². The molecule has 0 saturated carbocycles. The number of anilines is 1. The fourth-order valence-electron chi connectivity index (χ4n) is 1.53. The van der Waals surface area contributed by atoms with Crippen molar-refractivity contribution in [3.05, 3.63) is 51.7 Å². The van der Waals surface area contributed by atoms with E-state index in [0.29, 0.717) is 5.69 Å². The van der Waals surface area contributed by atoms with Gasteiger partial charge in [0, 0.05) is 33.2 Å². The largest absolute Gasteiger partial charge is 0.322 e. The molecule has 5 nitrogen and oxygen atoms in total. The van der Waals surface area contributed by atoms with Crippen molar-refractivity contribution in [2.45, 2.75) is 4.90 Å². The van der Waals surface area contributed by atoms with Gasteiger partial charge in [-0.25, -0.2) is 8.42 Å². The summed E-state index contributed by atoms with van der Waals surface area (Å²) < 4.78 is 22.8. The van der Waals surface area contributed by atoms with E-state index in [4.69, 9.17) is 22.3 Å². The molecular formula is C12H7BrCl2N2O3S. The van der Waals surface area contributed by atoms with Gasteiger partial charge in [-0.3, -0.25) is 9.78 Å². The number of carbonyl (C=O) groups is 1. The standard InChI is InChI=1S/C12H7BrCl2N2O3S/c13-9-5-7(1-2-11(9)21(15,19)20)17-12(18)8-3-4-16-6-10(8)14/h1-6H,(H,17,18). The Kier molecular flexibility index (Phi) is 4.88. The smallest absolute Gasteiger partial charge is 0.262 e. The van der Waals surface area contributed by atoms with Gasteiger partial charge in [0.15, 0.2) is 0 Å². The lowest BCUT2D eigenvalue weighted by molar-refractivity contribution is 0.102. The monoisotopic (exact) mass is 408 g/mol. The maximum atomic E-state index is 12.0. The highest BCUT2D eigenvalue weighted by Gasteiger charge is 2.16. The molecule has 0 atom stereocenters. The second-order valence-electron chi connectivity index (χ2n) is 3.89. The van der Waals surface area contributed by atoms with E-state index in [9.17, 15) is 13.2 Å².